The number of nitrogens with zero attached hydrogens (tertiary/aromatic N) is 1. The number of benzene rings is 2. The van der Waals surface area contributed by atoms with Crippen LogP contribution in [0, 0.1) is 12.7 Å². The average molecular weight is 481 g/mol. The number of carbonyl (C=O) groups is 2. The molecule has 0 unspecified atom stereocenters. The second-order valence-corrected chi connectivity index (χ2v) is 8.89. The van der Waals surface area contributed by atoms with Gasteiger partial charge in [-0.15, -0.1) is 6.58 Å². The fourth-order valence-electron chi connectivity index (χ4n) is 4.44. The number of halogens is 1. The summed E-state index contributed by atoms with van der Waals surface area (Å²) in [6.07, 6.45) is 3.83. The van der Waals surface area contributed by atoms with Crippen LogP contribution in [0.4, 0.5) is 14.0 Å². The summed E-state index contributed by atoms with van der Waals surface area (Å²) >= 11 is 0. The Balaban J connectivity index is 1.85. The van der Waals surface area contributed by atoms with Crippen molar-refractivity contribution >= 4 is 12.2 Å². The summed E-state index contributed by atoms with van der Waals surface area (Å²) < 4.78 is 24.8. The molecule has 3 rings (SSSR count). The maximum Gasteiger partial charge on any atom is 0.415 e. The third kappa shape index (κ3) is 6.72. The molecule has 1 aliphatic heterocycles. The van der Waals surface area contributed by atoms with E-state index in [0.717, 1.165) is 16.7 Å². The number of likely N-dealkylation sites (tertiary alicyclic amines) is 1. The van der Waals surface area contributed by atoms with Gasteiger partial charge in [-0.3, -0.25) is 0 Å². The Morgan fingerprint density at radius 2 is 2.00 bits per heavy atom. The zero-order valence-corrected chi connectivity index (χ0v) is 20.6. The highest BCUT2D eigenvalue weighted by atomic mass is 19.1. The first-order valence-corrected chi connectivity index (χ1v) is 11.7. The van der Waals surface area contributed by atoms with Crippen LogP contribution in [0.1, 0.15) is 55.8 Å². The lowest BCUT2D eigenvalue weighted by atomic mass is 9.78. The van der Waals surface area contributed by atoms with Gasteiger partial charge in [0, 0.05) is 6.54 Å². The summed E-state index contributed by atoms with van der Waals surface area (Å²) in [5.74, 6) is 0.149. The van der Waals surface area contributed by atoms with Crippen LogP contribution in [-0.4, -0.2) is 29.2 Å². The highest BCUT2D eigenvalue weighted by molar-refractivity contribution is 5.71. The van der Waals surface area contributed by atoms with Gasteiger partial charge in [0.1, 0.15) is 18.2 Å². The van der Waals surface area contributed by atoms with Gasteiger partial charge in [-0.2, -0.15) is 0 Å². The van der Waals surface area contributed by atoms with Crippen molar-refractivity contribution in [3.05, 3.63) is 95.5 Å². The second kappa shape index (κ2) is 11.7. The monoisotopic (exact) mass is 480 g/mol. The Morgan fingerprint density at radius 1 is 1.26 bits per heavy atom. The number of hydrogen-bond donors (Lipinski definition) is 1. The van der Waals surface area contributed by atoms with Crippen molar-refractivity contribution in [3.63, 3.8) is 0 Å². The van der Waals surface area contributed by atoms with Crippen LogP contribution in [0.2, 0.25) is 0 Å². The molecule has 2 aromatic rings. The summed E-state index contributed by atoms with van der Waals surface area (Å²) in [5.41, 5.74) is 1.72. The fraction of sp³-hybridized carbons (Fsp3) is 0.357. The molecule has 35 heavy (non-hydrogen) atoms. The molecular weight excluding hydrogens is 447 g/mol. The third-order valence-electron chi connectivity index (χ3n) is 6.39. The van der Waals surface area contributed by atoms with Gasteiger partial charge in [-0.1, -0.05) is 42.5 Å². The SMILES string of the molecule is C=CC[C@]1(NC(=O)OCc2ccccc2)CCN(C(=O)O/C(C)=C/C)[C@@H](c2ccc(F)cc2C)C1. The van der Waals surface area contributed by atoms with Crippen molar-refractivity contribution in [1.82, 2.24) is 10.2 Å². The van der Waals surface area contributed by atoms with Gasteiger partial charge in [0.05, 0.1) is 11.6 Å². The predicted octanol–water partition coefficient (Wildman–Crippen LogP) is 6.57. The minimum atomic E-state index is -0.687. The maximum absolute atomic E-state index is 13.9. The first-order chi connectivity index (χ1) is 16.8. The molecule has 2 atom stereocenters. The van der Waals surface area contributed by atoms with Crippen LogP contribution in [0.3, 0.4) is 0 Å². The Morgan fingerprint density at radius 3 is 2.66 bits per heavy atom. The van der Waals surface area contributed by atoms with E-state index in [4.69, 9.17) is 9.47 Å². The number of allylic oxidation sites excluding steroid dienone is 2. The van der Waals surface area contributed by atoms with E-state index in [1.54, 1.807) is 37.0 Å². The number of aryl methyl sites for hydroxylation is 1. The van der Waals surface area contributed by atoms with Gasteiger partial charge in [0.25, 0.3) is 0 Å². The zero-order valence-electron chi connectivity index (χ0n) is 20.6. The van der Waals surface area contributed by atoms with Gasteiger partial charge in [0.15, 0.2) is 0 Å². The largest absolute Gasteiger partial charge is 0.445 e. The number of alkyl carbamates (subject to hydrolysis) is 1. The number of rotatable bonds is 7. The Hall–Kier alpha value is -3.61. The first kappa shape index (κ1) is 26.0. The Kier molecular flexibility index (Phi) is 8.68. The fourth-order valence-corrected chi connectivity index (χ4v) is 4.44. The van der Waals surface area contributed by atoms with Crippen molar-refractivity contribution in [2.45, 2.75) is 58.2 Å². The quantitative estimate of drug-likeness (QED) is 0.359. The van der Waals surface area contributed by atoms with Crippen LogP contribution in [0.15, 0.2) is 73.0 Å². The number of carbonyl (C=O) groups excluding carboxylic acids is 2. The normalized spacial score (nSPS) is 20.2. The molecule has 1 N–H and O–H groups in total. The number of hydrogen-bond acceptors (Lipinski definition) is 4. The van der Waals surface area contributed by atoms with Crippen LogP contribution in [0.5, 0.6) is 0 Å². The lowest BCUT2D eigenvalue weighted by molar-refractivity contribution is 0.0558. The highest BCUT2D eigenvalue weighted by Gasteiger charge is 2.43. The Bertz CT molecular complexity index is 1090. The maximum atomic E-state index is 13.9. The summed E-state index contributed by atoms with van der Waals surface area (Å²) in [4.78, 5) is 27.5. The van der Waals surface area contributed by atoms with Crippen molar-refractivity contribution in [2.24, 2.45) is 0 Å². The van der Waals surface area contributed by atoms with Crippen molar-refractivity contribution in [3.8, 4) is 0 Å². The molecular formula is C28H33FN2O4. The van der Waals surface area contributed by atoms with Gasteiger partial charge in [0.2, 0.25) is 0 Å². The van der Waals surface area contributed by atoms with Crippen molar-refractivity contribution < 1.29 is 23.5 Å². The predicted molar refractivity (Wildman–Crippen MR) is 133 cm³/mol. The summed E-state index contributed by atoms with van der Waals surface area (Å²) in [6.45, 7) is 9.68. The van der Waals surface area contributed by atoms with E-state index in [1.807, 2.05) is 37.3 Å². The van der Waals surface area contributed by atoms with Gasteiger partial charge >= 0.3 is 12.2 Å². The molecule has 6 nitrogen and oxygen atoms in total. The molecule has 0 saturated carbocycles. The van der Waals surface area contributed by atoms with E-state index < -0.39 is 23.8 Å². The topological polar surface area (TPSA) is 67.9 Å². The molecule has 0 spiro atoms. The minimum absolute atomic E-state index is 0.151. The summed E-state index contributed by atoms with van der Waals surface area (Å²) in [6, 6.07) is 13.5. The number of nitrogens with one attached hydrogen (secondary N) is 1. The van der Waals surface area contributed by atoms with Crippen LogP contribution < -0.4 is 5.32 Å². The molecule has 1 aliphatic rings. The third-order valence-corrected chi connectivity index (χ3v) is 6.39. The molecule has 0 aromatic heterocycles. The van der Waals surface area contributed by atoms with E-state index in [2.05, 4.69) is 11.9 Å². The van der Waals surface area contributed by atoms with E-state index in [-0.39, 0.29) is 12.4 Å². The molecule has 7 heteroatoms. The molecule has 1 fully saturated rings. The Labute approximate surface area is 206 Å². The number of piperidine rings is 1. The molecule has 186 valence electrons. The second-order valence-electron chi connectivity index (χ2n) is 8.89. The molecule has 2 amide bonds. The van der Waals surface area contributed by atoms with Gasteiger partial charge < -0.3 is 19.7 Å². The average Bonchev–Trinajstić information content (AvgIpc) is 2.83. The van der Waals surface area contributed by atoms with E-state index >= 15 is 0 Å². The number of ether oxygens (including phenoxy) is 2. The van der Waals surface area contributed by atoms with E-state index in [1.165, 1.54) is 12.1 Å². The van der Waals surface area contributed by atoms with Gasteiger partial charge in [-0.05, 0) is 74.9 Å². The molecule has 2 aromatic carbocycles. The lowest BCUT2D eigenvalue weighted by Gasteiger charge is -2.46. The smallest absolute Gasteiger partial charge is 0.415 e. The van der Waals surface area contributed by atoms with E-state index in [0.29, 0.717) is 31.6 Å². The van der Waals surface area contributed by atoms with Gasteiger partial charge in [-0.25, -0.2) is 14.0 Å². The molecule has 0 radical (unpaired) electrons. The summed E-state index contributed by atoms with van der Waals surface area (Å²) in [7, 11) is 0. The molecule has 0 bridgehead atoms. The van der Waals surface area contributed by atoms with E-state index in [9.17, 15) is 14.0 Å². The van der Waals surface area contributed by atoms with Crippen LogP contribution >= 0.6 is 0 Å². The lowest BCUT2D eigenvalue weighted by Crippen LogP contribution is -2.57. The molecule has 1 saturated heterocycles. The first-order valence-electron chi connectivity index (χ1n) is 11.7. The molecule has 0 aliphatic carbocycles. The van der Waals surface area contributed by atoms with Crippen molar-refractivity contribution in [1.29, 1.82) is 0 Å². The van der Waals surface area contributed by atoms with Crippen LogP contribution in [0.25, 0.3) is 0 Å². The summed E-state index contributed by atoms with van der Waals surface area (Å²) in [5, 5.41) is 3.05. The van der Waals surface area contributed by atoms with Crippen LogP contribution in [-0.2, 0) is 16.1 Å². The van der Waals surface area contributed by atoms with Crippen molar-refractivity contribution in [2.75, 3.05) is 6.54 Å². The molecule has 1 heterocycles. The number of amides is 2. The standard InChI is InChI=1S/C28H33FN2O4/c1-5-14-28(30-26(32)34-19-22-10-8-7-9-11-22)15-16-31(27(33)35-21(4)6-2)25(18-28)24-13-12-23(29)17-20(24)3/h5-13,17,25H,1,14-16,18-19H2,2-4H3,(H,30,32)/b21-6+/t25-,28+/m1/s1. The zero-order chi connectivity index (χ0) is 25.4. The minimum Gasteiger partial charge on any atom is -0.445 e. The highest BCUT2D eigenvalue weighted by Crippen LogP contribution is 2.40.